The zero-order valence-corrected chi connectivity index (χ0v) is 14.1. The van der Waals surface area contributed by atoms with Crippen molar-refractivity contribution in [2.24, 2.45) is 0 Å². The highest BCUT2D eigenvalue weighted by atomic mass is 16.6. The summed E-state index contributed by atoms with van der Waals surface area (Å²) < 4.78 is 5.41. The minimum Gasteiger partial charge on any atom is -0.444 e. The molecule has 1 aromatic heterocycles. The van der Waals surface area contributed by atoms with Gasteiger partial charge in [0.05, 0.1) is 5.69 Å². The van der Waals surface area contributed by atoms with E-state index >= 15 is 0 Å². The molecule has 0 spiro atoms. The van der Waals surface area contributed by atoms with Crippen molar-refractivity contribution >= 4 is 6.09 Å². The molecule has 1 aliphatic heterocycles. The number of hydrogen-bond acceptors (Lipinski definition) is 4. The van der Waals surface area contributed by atoms with Crippen molar-refractivity contribution in [3.05, 3.63) is 29.6 Å². The standard InChI is InChI=1S/C17H27N3O2/c1-13-5-6-15(18-11-13)12-19-14-7-9-20(10-8-14)16(21)22-17(2,3)4/h5-6,11,14,19H,7-10,12H2,1-4H3. The molecule has 0 saturated carbocycles. The Hall–Kier alpha value is -1.62. The van der Waals surface area contributed by atoms with Gasteiger partial charge in [0, 0.05) is 31.9 Å². The minimum atomic E-state index is -0.427. The van der Waals surface area contributed by atoms with Crippen LogP contribution in [0.5, 0.6) is 0 Å². The highest BCUT2D eigenvalue weighted by Gasteiger charge is 2.26. The maximum atomic E-state index is 12.0. The maximum Gasteiger partial charge on any atom is 0.410 e. The molecule has 0 radical (unpaired) electrons. The van der Waals surface area contributed by atoms with Gasteiger partial charge in [-0.15, -0.1) is 0 Å². The summed E-state index contributed by atoms with van der Waals surface area (Å²) in [6.07, 6.45) is 3.59. The maximum absolute atomic E-state index is 12.0. The van der Waals surface area contributed by atoms with E-state index < -0.39 is 5.60 Å². The first-order valence-corrected chi connectivity index (χ1v) is 7.96. The third-order valence-corrected chi connectivity index (χ3v) is 3.69. The largest absolute Gasteiger partial charge is 0.444 e. The van der Waals surface area contributed by atoms with E-state index in [1.54, 1.807) is 4.90 Å². The van der Waals surface area contributed by atoms with Gasteiger partial charge in [0.25, 0.3) is 0 Å². The smallest absolute Gasteiger partial charge is 0.410 e. The average Bonchev–Trinajstić information content (AvgIpc) is 2.45. The second kappa shape index (κ2) is 7.09. The van der Waals surface area contributed by atoms with E-state index in [2.05, 4.69) is 22.4 Å². The van der Waals surface area contributed by atoms with Gasteiger partial charge in [0.2, 0.25) is 0 Å². The van der Waals surface area contributed by atoms with Crippen LogP contribution in [0.3, 0.4) is 0 Å². The Morgan fingerprint density at radius 3 is 2.59 bits per heavy atom. The SMILES string of the molecule is Cc1ccc(CNC2CCN(C(=O)OC(C)(C)C)CC2)nc1. The normalized spacial score (nSPS) is 16.6. The lowest BCUT2D eigenvalue weighted by Gasteiger charge is -2.33. The number of aryl methyl sites for hydroxylation is 1. The first kappa shape index (κ1) is 16.7. The Morgan fingerprint density at radius 2 is 2.05 bits per heavy atom. The van der Waals surface area contributed by atoms with Crippen LogP contribution in [-0.4, -0.2) is 40.7 Å². The molecule has 1 N–H and O–H groups in total. The van der Waals surface area contributed by atoms with Crippen LogP contribution in [0, 0.1) is 6.92 Å². The molecule has 5 heteroatoms. The summed E-state index contributed by atoms with van der Waals surface area (Å²) in [7, 11) is 0. The van der Waals surface area contributed by atoms with Crippen molar-refractivity contribution < 1.29 is 9.53 Å². The molecule has 1 aliphatic rings. The molecule has 0 unspecified atom stereocenters. The molecule has 2 heterocycles. The molecule has 0 aromatic carbocycles. The predicted molar refractivity (Wildman–Crippen MR) is 86.6 cm³/mol. The van der Waals surface area contributed by atoms with Gasteiger partial charge >= 0.3 is 6.09 Å². The highest BCUT2D eigenvalue weighted by molar-refractivity contribution is 5.68. The third-order valence-electron chi connectivity index (χ3n) is 3.69. The Labute approximate surface area is 133 Å². The summed E-state index contributed by atoms with van der Waals surface area (Å²) >= 11 is 0. The number of nitrogens with zero attached hydrogens (tertiary/aromatic N) is 2. The van der Waals surface area contributed by atoms with Crippen LogP contribution in [-0.2, 0) is 11.3 Å². The van der Waals surface area contributed by atoms with Crippen LogP contribution < -0.4 is 5.32 Å². The van der Waals surface area contributed by atoms with E-state index in [1.807, 2.05) is 33.9 Å². The van der Waals surface area contributed by atoms with Crippen molar-refractivity contribution in [1.29, 1.82) is 0 Å². The van der Waals surface area contributed by atoms with Crippen molar-refractivity contribution in [2.75, 3.05) is 13.1 Å². The van der Waals surface area contributed by atoms with Gasteiger partial charge in [0.15, 0.2) is 0 Å². The van der Waals surface area contributed by atoms with Crippen LogP contribution in [0.4, 0.5) is 4.79 Å². The van der Waals surface area contributed by atoms with Crippen molar-refractivity contribution in [3.8, 4) is 0 Å². The second-order valence-corrected chi connectivity index (χ2v) is 6.95. The zero-order chi connectivity index (χ0) is 16.2. The number of piperidine rings is 1. The Morgan fingerprint density at radius 1 is 1.36 bits per heavy atom. The molecule has 1 amide bonds. The summed E-state index contributed by atoms with van der Waals surface area (Å²) in [5.74, 6) is 0. The Balaban J connectivity index is 1.73. The van der Waals surface area contributed by atoms with Gasteiger partial charge in [-0.25, -0.2) is 4.79 Å². The van der Waals surface area contributed by atoms with Gasteiger partial charge in [-0.05, 0) is 52.2 Å². The van der Waals surface area contributed by atoms with E-state index in [-0.39, 0.29) is 6.09 Å². The summed E-state index contributed by atoms with van der Waals surface area (Å²) in [5.41, 5.74) is 1.80. The lowest BCUT2D eigenvalue weighted by atomic mass is 10.1. The monoisotopic (exact) mass is 305 g/mol. The number of likely N-dealkylation sites (tertiary alicyclic amines) is 1. The Kier molecular flexibility index (Phi) is 5.40. The lowest BCUT2D eigenvalue weighted by molar-refractivity contribution is 0.0198. The van der Waals surface area contributed by atoms with Gasteiger partial charge in [0.1, 0.15) is 5.60 Å². The van der Waals surface area contributed by atoms with Gasteiger partial charge in [-0.3, -0.25) is 4.98 Å². The van der Waals surface area contributed by atoms with E-state index in [0.717, 1.165) is 38.2 Å². The second-order valence-electron chi connectivity index (χ2n) is 6.95. The molecule has 5 nitrogen and oxygen atoms in total. The summed E-state index contributed by atoms with van der Waals surface area (Å²) in [4.78, 5) is 18.2. The average molecular weight is 305 g/mol. The number of amides is 1. The Bertz CT molecular complexity index is 486. The number of nitrogens with one attached hydrogen (secondary N) is 1. The van der Waals surface area contributed by atoms with E-state index in [0.29, 0.717) is 6.04 Å². The van der Waals surface area contributed by atoms with Crippen LogP contribution in [0.25, 0.3) is 0 Å². The topological polar surface area (TPSA) is 54.5 Å². The van der Waals surface area contributed by atoms with Crippen LogP contribution in [0.15, 0.2) is 18.3 Å². The van der Waals surface area contributed by atoms with E-state index in [1.165, 1.54) is 5.56 Å². The number of rotatable bonds is 3. The molecular weight excluding hydrogens is 278 g/mol. The fourth-order valence-electron chi connectivity index (χ4n) is 2.44. The molecule has 1 aromatic rings. The quantitative estimate of drug-likeness (QED) is 0.933. The van der Waals surface area contributed by atoms with Gasteiger partial charge in [-0.2, -0.15) is 0 Å². The number of hydrogen-bond donors (Lipinski definition) is 1. The molecule has 1 fully saturated rings. The van der Waals surface area contributed by atoms with Crippen molar-refractivity contribution in [3.63, 3.8) is 0 Å². The molecule has 122 valence electrons. The number of pyridine rings is 1. The summed E-state index contributed by atoms with van der Waals surface area (Å²) in [5, 5.41) is 3.52. The molecular formula is C17H27N3O2. The number of carbonyl (C=O) groups is 1. The molecule has 0 aliphatic carbocycles. The fourth-order valence-corrected chi connectivity index (χ4v) is 2.44. The molecule has 2 rings (SSSR count). The number of aromatic nitrogens is 1. The van der Waals surface area contributed by atoms with Crippen molar-refractivity contribution in [2.45, 2.75) is 58.7 Å². The zero-order valence-electron chi connectivity index (χ0n) is 14.1. The minimum absolute atomic E-state index is 0.203. The van der Waals surface area contributed by atoms with E-state index in [4.69, 9.17) is 4.74 Å². The first-order valence-electron chi connectivity index (χ1n) is 7.96. The number of ether oxygens (including phenoxy) is 1. The van der Waals surface area contributed by atoms with Crippen LogP contribution in [0.2, 0.25) is 0 Å². The van der Waals surface area contributed by atoms with E-state index in [9.17, 15) is 4.79 Å². The molecule has 1 saturated heterocycles. The first-order chi connectivity index (χ1) is 10.3. The lowest BCUT2D eigenvalue weighted by Crippen LogP contribution is -2.46. The predicted octanol–water partition coefficient (Wildman–Crippen LogP) is 2.88. The van der Waals surface area contributed by atoms with Crippen molar-refractivity contribution in [1.82, 2.24) is 15.2 Å². The van der Waals surface area contributed by atoms with Gasteiger partial charge in [-0.1, -0.05) is 6.07 Å². The molecule has 0 bridgehead atoms. The van der Waals surface area contributed by atoms with Crippen LogP contribution >= 0.6 is 0 Å². The number of carbonyl (C=O) groups excluding carboxylic acids is 1. The summed E-state index contributed by atoms with van der Waals surface area (Å²) in [6.45, 7) is 9.99. The molecule has 22 heavy (non-hydrogen) atoms. The third kappa shape index (κ3) is 5.30. The van der Waals surface area contributed by atoms with Gasteiger partial charge < -0.3 is 15.0 Å². The summed E-state index contributed by atoms with van der Waals surface area (Å²) in [6, 6.07) is 4.56. The van der Waals surface area contributed by atoms with Crippen LogP contribution in [0.1, 0.15) is 44.9 Å². The highest BCUT2D eigenvalue weighted by Crippen LogP contribution is 2.15. The molecule has 0 atom stereocenters. The fraction of sp³-hybridized carbons (Fsp3) is 0.647.